The highest BCUT2D eigenvalue weighted by atomic mass is 32.2. The van der Waals surface area contributed by atoms with Crippen molar-refractivity contribution in [3.63, 3.8) is 0 Å². The van der Waals surface area contributed by atoms with E-state index in [0.29, 0.717) is 5.41 Å². The smallest absolute Gasteiger partial charge is 0.00626 e. The lowest BCUT2D eigenvalue weighted by Crippen LogP contribution is -2.06. The van der Waals surface area contributed by atoms with Crippen LogP contribution in [0, 0.1) is 5.41 Å². The van der Waals surface area contributed by atoms with Gasteiger partial charge in [0.2, 0.25) is 0 Å². The van der Waals surface area contributed by atoms with Crippen LogP contribution in [0.4, 0.5) is 0 Å². The molecule has 19 heavy (non-hydrogen) atoms. The number of hydrogen-bond acceptors (Lipinski definition) is 1. The molecule has 0 aliphatic carbocycles. The van der Waals surface area contributed by atoms with E-state index < -0.39 is 0 Å². The van der Waals surface area contributed by atoms with Gasteiger partial charge >= 0.3 is 0 Å². The molecule has 0 rings (SSSR count). The predicted octanol–water partition coefficient (Wildman–Crippen LogP) is 7.08. The third kappa shape index (κ3) is 18.4. The molecule has 0 saturated carbocycles. The summed E-state index contributed by atoms with van der Waals surface area (Å²) in [7, 11) is 0. The summed E-state index contributed by atoms with van der Waals surface area (Å²) in [5.41, 5.74) is 0.519. The molecule has 0 unspecified atom stereocenters. The molecular weight excluding hydrogens is 248 g/mol. The first-order chi connectivity index (χ1) is 9.06. The monoisotopic (exact) mass is 286 g/mol. The molecule has 0 aliphatic rings. The molecule has 1 heteroatoms. The maximum absolute atomic E-state index is 2.34. The zero-order valence-electron chi connectivity index (χ0n) is 14.1. The molecule has 116 valence electrons. The number of thioether (sulfide) groups is 1. The van der Waals surface area contributed by atoms with E-state index in [1.807, 2.05) is 0 Å². The zero-order chi connectivity index (χ0) is 14.4. The average molecular weight is 287 g/mol. The van der Waals surface area contributed by atoms with Gasteiger partial charge in [-0.3, -0.25) is 0 Å². The van der Waals surface area contributed by atoms with E-state index in [2.05, 4.69) is 39.5 Å². The number of rotatable bonds is 13. The van der Waals surface area contributed by atoms with Crippen molar-refractivity contribution >= 4 is 11.8 Å². The van der Waals surface area contributed by atoms with Crippen molar-refractivity contribution in [2.45, 2.75) is 98.3 Å². The van der Waals surface area contributed by atoms with Gasteiger partial charge in [0.15, 0.2) is 0 Å². The van der Waals surface area contributed by atoms with Crippen LogP contribution in [-0.2, 0) is 0 Å². The van der Waals surface area contributed by atoms with Gasteiger partial charge in [0, 0.05) is 0 Å². The van der Waals surface area contributed by atoms with Gasteiger partial charge in [0.05, 0.1) is 0 Å². The lowest BCUT2D eigenvalue weighted by Gasteiger charge is -2.17. The van der Waals surface area contributed by atoms with Crippen molar-refractivity contribution in [2.24, 2.45) is 5.41 Å². The first-order valence-electron chi connectivity index (χ1n) is 8.64. The molecule has 0 atom stereocenters. The molecule has 0 spiro atoms. The first kappa shape index (κ1) is 19.4. The SMILES string of the molecule is CCCCCCCCCCCCSCCC(C)(C)C. The molecule has 0 heterocycles. The largest absolute Gasteiger partial charge is 0.162 e. The highest BCUT2D eigenvalue weighted by Crippen LogP contribution is 2.22. The van der Waals surface area contributed by atoms with E-state index >= 15 is 0 Å². The van der Waals surface area contributed by atoms with Crippen LogP contribution < -0.4 is 0 Å². The summed E-state index contributed by atoms with van der Waals surface area (Å²) >= 11 is 2.16. The maximum Gasteiger partial charge on any atom is -0.00626 e. The Morgan fingerprint density at radius 2 is 1.11 bits per heavy atom. The van der Waals surface area contributed by atoms with E-state index in [0.717, 1.165) is 0 Å². The second-order valence-electron chi connectivity index (χ2n) is 7.11. The fourth-order valence-corrected chi connectivity index (χ4v) is 3.54. The molecule has 0 aromatic rings. The summed E-state index contributed by atoms with van der Waals surface area (Å²) in [5.74, 6) is 2.73. The van der Waals surface area contributed by atoms with Gasteiger partial charge in [-0.1, -0.05) is 85.5 Å². The van der Waals surface area contributed by atoms with Crippen LogP contribution in [0.5, 0.6) is 0 Å². The van der Waals surface area contributed by atoms with Gasteiger partial charge in [-0.05, 0) is 29.8 Å². The predicted molar refractivity (Wildman–Crippen MR) is 93.2 cm³/mol. The van der Waals surface area contributed by atoms with Gasteiger partial charge in [-0.15, -0.1) is 0 Å². The second kappa shape index (κ2) is 13.3. The Morgan fingerprint density at radius 3 is 1.58 bits per heavy atom. The number of unbranched alkanes of at least 4 members (excludes halogenated alkanes) is 9. The number of hydrogen-bond donors (Lipinski definition) is 0. The lowest BCUT2D eigenvalue weighted by molar-refractivity contribution is 0.401. The van der Waals surface area contributed by atoms with Gasteiger partial charge in [-0.25, -0.2) is 0 Å². The topological polar surface area (TPSA) is 0 Å². The molecule has 0 fully saturated rings. The molecule has 0 aromatic heterocycles. The molecule has 0 bridgehead atoms. The molecular formula is C18H38S. The molecule has 0 aromatic carbocycles. The minimum atomic E-state index is 0.519. The van der Waals surface area contributed by atoms with Crippen LogP contribution in [0.1, 0.15) is 98.3 Å². The van der Waals surface area contributed by atoms with Crippen molar-refractivity contribution in [3.05, 3.63) is 0 Å². The Hall–Kier alpha value is 0.350. The van der Waals surface area contributed by atoms with E-state index in [1.165, 1.54) is 82.1 Å². The van der Waals surface area contributed by atoms with Crippen LogP contribution >= 0.6 is 11.8 Å². The van der Waals surface area contributed by atoms with E-state index in [1.54, 1.807) is 0 Å². The third-order valence-electron chi connectivity index (χ3n) is 3.64. The fraction of sp³-hybridized carbons (Fsp3) is 1.00. The summed E-state index contributed by atoms with van der Waals surface area (Å²) in [6, 6.07) is 0. The van der Waals surface area contributed by atoms with E-state index in [9.17, 15) is 0 Å². The van der Waals surface area contributed by atoms with Gasteiger partial charge in [-0.2, -0.15) is 11.8 Å². The van der Waals surface area contributed by atoms with Crippen molar-refractivity contribution in [3.8, 4) is 0 Å². The average Bonchev–Trinajstić information content (AvgIpc) is 2.34. The van der Waals surface area contributed by atoms with Crippen LogP contribution in [0.3, 0.4) is 0 Å². The summed E-state index contributed by atoms with van der Waals surface area (Å²) in [6.07, 6.45) is 15.9. The summed E-state index contributed by atoms with van der Waals surface area (Å²) < 4.78 is 0. The third-order valence-corrected chi connectivity index (χ3v) is 4.71. The van der Waals surface area contributed by atoms with Crippen molar-refractivity contribution in [1.82, 2.24) is 0 Å². The Kier molecular flexibility index (Phi) is 13.6. The fourth-order valence-electron chi connectivity index (χ4n) is 2.17. The Morgan fingerprint density at radius 1 is 0.632 bits per heavy atom. The molecule has 0 amide bonds. The van der Waals surface area contributed by atoms with E-state index in [-0.39, 0.29) is 0 Å². The van der Waals surface area contributed by atoms with Gasteiger partial charge in [0.1, 0.15) is 0 Å². The van der Waals surface area contributed by atoms with Crippen molar-refractivity contribution < 1.29 is 0 Å². The molecule has 0 N–H and O–H groups in total. The molecule has 0 aliphatic heterocycles. The first-order valence-corrected chi connectivity index (χ1v) is 9.79. The Bertz CT molecular complexity index is 169. The minimum absolute atomic E-state index is 0.519. The molecule has 0 saturated heterocycles. The van der Waals surface area contributed by atoms with Gasteiger partial charge in [0.25, 0.3) is 0 Å². The van der Waals surface area contributed by atoms with Crippen molar-refractivity contribution in [1.29, 1.82) is 0 Å². The van der Waals surface area contributed by atoms with Crippen LogP contribution in [-0.4, -0.2) is 11.5 Å². The maximum atomic E-state index is 2.34. The standard InChI is InChI=1S/C18H38S/c1-5-6-7-8-9-10-11-12-13-14-16-19-17-15-18(2,3)4/h5-17H2,1-4H3. The highest BCUT2D eigenvalue weighted by molar-refractivity contribution is 7.99. The summed E-state index contributed by atoms with van der Waals surface area (Å²) in [5, 5.41) is 0. The van der Waals surface area contributed by atoms with Crippen molar-refractivity contribution in [2.75, 3.05) is 11.5 Å². The van der Waals surface area contributed by atoms with E-state index in [4.69, 9.17) is 0 Å². The normalized spacial score (nSPS) is 12.0. The Labute approximate surface area is 127 Å². The summed E-state index contributed by atoms with van der Waals surface area (Å²) in [4.78, 5) is 0. The molecule has 0 nitrogen and oxygen atoms in total. The molecule has 0 radical (unpaired) electrons. The quantitative estimate of drug-likeness (QED) is 0.326. The van der Waals surface area contributed by atoms with Crippen LogP contribution in [0.15, 0.2) is 0 Å². The van der Waals surface area contributed by atoms with Crippen LogP contribution in [0.25, 0.3) is 0 Å². The van der Waals surface area contributed by atoms with Gasteiger partial charge < -0.3 is 0 Å². The second-order valence-corrected chi connectivity index (χ2v) is 8.33. The van der Waals surface area contributed by atoms with Crippen LogP contribution in [0.2, 0.25) is 0 Å². The lowest BCUT2D eigenvalue weighted by atomic mass is 9.94. The minimum Gasteiger partial charge on any atom is -0.162 e. The summed E-state index contributed by atoms with van der Waals surface area (Å²) in [6.45, 7) is 9.32. The zero-order valence-corrected chi connectivity index (χ0v) is 14.9. The Balaban J connectivity index is 2.99. The highest BCUT2D eigenvalue weighted by Gasteiger charge is 2.08.